The smallest absolute Gasteiger partial charge is 0.251 e. The number of nitrogens with one attached hydrogen (secondary N) is 1. The van der Waals surface area contributed by atoms with E-state index in [0.717, 1.165) is 68.2 Å². The molecule has 0 aliphatic heterocycles. The van der Waals surface area contributed by atoms with Crippen LogP contribution >= 0.6 is 0 Å². The number of hydrogen-bond acceptors (Lipinski definition) is 3. The lowest BCUT2D eigenvalue weighted by Crippen LogP contribution is -2.51. The Hall–Kier alpha value is -2.98. The highest BCUT2D eigenvalue weighted by atomic mass is 16.3. The molecule has 5 rings (SSSR count). The first-order valence-corrected chi connectivity index (χ1v) is 13.5. The Morgan fingerprint density at radius 3 is 2.69 bits per heavy atom. The predicted molar refractivity (Wildman–Crippen MR) is 144 cm³/mol. The standard InChI is InChI=1S/C32H38N2O2/c1-3-14-31(36)15-16-32(20-24-7-5-4-6-8-24)28(21-31)11-9-26-19-27(10-12-29(26)32)30(35)34-22-25-13-17-33-23(2)18-25/h4-8,10,12-13,17-19,28,36H,3,9,11,14-16,20-22H2,1-2H3,(H,34,35)/t28-,31-,32+/m1/s1. The second kappa shape index (κ2) is 10.2. The van der Waals surface area contributed by atoms with Crippen molar-refractivity contribution in [3.8, 4) is 0 Å². The molecule has 0 unspecified atom stereocenters. The molecule has 1 heterocycles. The van der Waals surface area contributed by atoms with Crippen molar-refractivity contribution in [1.29, 1.82) is 0 Å². The van der Waals surface area contributed by atoms with Gasteiger partial charge in [0.05, 0.1) is 5.60 Å². The molecule has 0 spiro atoms. The van der Waals surface area contributed by atoms with Gasteiger partial charge in [0, 0.05) is 29.4 Å². The number of aliphatic hydroxyl groups is 1. The lowest BCUT2D eigenvalue weighted by molar-refractivity contribution is -0.0565. The van der Waals surface area contributed by atoms with E-state index in [4.69, 9.17) is 0 Å². The Morgan fingerprint density at radius 2 is 1.92 bits per heavy atom. The number of carbonyl (C=O) groups is 1. The zero-order chi connectivity index (χ0) is 25.2. The van der Waals surface area contributed by atoms with Crippen LogP contribution in [0.5, 0.6) is 0 Å². The van der Waals surface area contributed by atoms with Crippen molar-refractivity contribution in [3.05, 3.63) is 100 Å². The van der Waals surface area contributed by atoms with E-state index < -0.39 is 5.60 Å². The molecule has 1 aromatic heterocycles. The molecule has 188 valence electrons. The van der Waals surface area contributed by atoms with E-state index in [0.29, 0.717) is 12.5 Å². The highest BCUT2D eigenvalue weighted by Crippen LogP contribution is 2.55. The lowest BCUT2D eigenvalue weighted by Gasteiger charge is -2.53. The highest BCUT2D eigenvalue weighted by Gasteiger charge is 2.51. The zero-order valence-electron chi connectivity index (χ0n) is 21.6. The SMILES string of the molecule is CCC[C@@]1(O)CC[C@@]2(Cc3ccccc3)c3ccc(C(=O)NCc4ccnc(C)c4)cc3CC[C@@H]2C1. The number of carbonyl (C=O) groups excluding carboxylic acids is 1. The Labute approximate surface area is 215 Å². The minimum atomic E-state index is -0.539. The van der Waals surface area contributed by atoms with Crippen LogP contribution < -0.4 is 5.32 Å². The normalized spacial score (nSPS) is 25.0. The van der Waals surface area contributed by atoms with Gasteiger partial charge in [-0.1, -0.05) is 49.7 Å². The predicted octanol–water partition coefficient (Wildman–Crippen LogP) is 6.08. The first-order valence-electron chi connectivity index (χ1n) is 13.5. The molecule has 36 heavy (non-hydrogen) atoms. The summed E-state index contributed by atoms with van der Waals surface area (Å²) >= 11 is 0. The number of aryl methyl sites for hydroxylation is 2. The molecular formula is C32H38N2O2. The molecule has 2 aliphatic carbocycles. The Balaban J connectivity index is 1.42. The summed E-state index contributed by atoms with van der Waals surface area (Å²) in [4.78, 5) is 17.3. The molecule has 2 N–H and O–H groups in total. The lowest BCUT2D eigenvalue weighted by atomic mass is 9.52. The number of benzene rings is 2. The first kappa shape index (κ1) is 24.7. The molecule has 1 saturated carbocycles. The van der Waals surface area contributed by atoms with Gasteiger partial charge >= 0.3 is 0 Å². The summed E-state index contributed by atoms with van der Waals surface area (Å²) < 4.78 is 0. The zero-order valence-corrected chi connectivity index (χ0v) is 21.6. The minimum absolute atomic E-state index is 0.0124. The van der Waals surface area contributed by atoms with Crippen LogP contribution in [0.15, 0.2) is 66.9 Å². The van der Waals surface area contributed by atoms with Crippen molar-refractivity contribution >= 4 is 5.91 Å². The third-order valence-corrected chi connectivity index (χ3v) is 8.60. The molecule has 0 radical (unpaired) electrons. The van der Waals surface area contributed by atoms with Gasteiger partial charge in [-0.05, 0) is 104 Å². The number of aromatic nitrogens is 1. The number of fused-ring (bicyclic) bond motifs is 3. The monoisotopic (exact) mass is 482 g/mol. The number of hydrogen-bond donors (Lipinski definition) is 2. The minimum Gasteiger partial charge on any atom is -0.390 e. The molecule has 2 aliphatic rings. The van der Waals surface area contributed by atoms with Gasteiger partial charge in [-0.25, -0.2) is 0 Å². The molecule has 3 aromatic rings. The van der Waals surface area contributed by atoms with Crippen molar-refractivity contribution < 1.29 is 9.90 Å². The molecule has 1 amide bonds. The maximum absolute atomic E-state index is 13.0. The summed E-state index contributed by atoms with van der Waals surface area (Å²) in [6, 6.07) is 21.1. The molecule has 0 saturated heterocycles. The van der Waals surface area contributed by atoms with Crippen LogP contribution in [-0.4, -0.2) is 21.6 Å². The van der Waals surface area contributed by atoms with Crippen LogP contribution in [0.25, 0.3) is 0 Å². The summed E-state index contributed by atoms with van der Waals surface area (Å²) in [5.74, 6) is 0.414. The topological polar surface area (TPSA) is 62.2 Å². The van der Waals surface area contributed by atoms with E-state index in [1.165, 1.54) is 16.7 Å². The second-order valence-electron chi connectivity index (χ2n) is 11.1. The van der Waals surface area contributed by atoms with Crippen LogP contribution in [0.2, 0.25) is 0 Å². The van der Waals surface area contributed by atoms with Gasteiger partial charge in [-0.15, -0.1) is 0 Å². The largest absolute Gasteiger partial charge is 0.390 e. The highest BCUT2D eigenvalue weighted by molar-refractivity contribution is 5.94. The third-order valence-electron chi connectivity index (χ3n) is 8.60. The maximum atomic E-state index is 13.0. The van der Waals surface area contributed by atoms with Gasteiger partial charge in [0.15, 0.2) is 0 Å². The van der Waals surface area contributed by atoms with Crippen LogP contribution in [0.1, 0.15) is 83.8 Å². The van der Waals surface area contributed by atoms with E-state index in [9.17, 15) is 9.90 Å². The Bertz CT molecular complexity index is 1220. The van der Waals surface area contributed by atoms with E-state index in [1.807, 2.05) is 25.1 Å². The molecule has 2 aromatic carbocycles. The fraction of sp³-hybridized carbons (Fsp3) is 0.438. The fourth-order valence-corrected chi connectivity index (χ4v) is 6.89. The summed E-state index contributed by atoms with van der Waals surface area (Å²) in [6.45, 7) is 4.62. The number of rotatable bonds is 7. The second-order valence-corrected chi connectivity index (χ2v) is 11.1. The van der Waals surface area contributed by atoms with E-state index in [-0.39, 0.29) is 11.3 Å². The third kappa shape index (κ3) is 4.97. The molecule has 3 atom stereocenters. The van der Waals surface area contributed by atoms with E-state index in [1.54, 1.807) is 6.20 Å². The number of pyridine rings is 1. The average Bonchev–Trinajstić information content (AvgIpc) is 2.88. The molecule has 4 nitrogen and oxygen atoms in total. The van der Waals surface area contributed by atoms with Gasteiger partial charge in [0.2, 0.25) is 0 Å². The number of amides is 1. The van der Waals surface area contributed by atoms with Gasteiger partial charge in [-0.3, -0.25) is 9.78 Å². The molecular weight excluding hydrogens is 444 g/mol. The van der Waals surface area contributed by atoms with Crippen LogP contribution in [0, 0.1) is 12.8 Å². The molecule has 4 heteroatoms. The Morgan fingerprint density at radius 1 is 1.08 bits per heavy atom. The van der Waals surface area contributed by atoms with Crippen molar-refractivity contribution in [2.45, 2.75) is 82.8 Å². The van der Waals surface area contributed by atoms with Gasteiger partial charge in [0.25, 0.3) is 5.91 Å². The van der Waals surface area contributed by atoms with Gasteiger partial charge in [-0.2, -0.15) is 0 Å². The van der Waals surface area contributed by atoms with Crippen molar-refractivity contribution in [2.75, 3.05) is 0 Å². The maximum Gasteiger partial charge on any atom is 0.251 e. The summed E-state index contributed by atoms with van der Waals surface area (Å²) in [6.07, 6.45) is 9.40. The molecule has 0 bridgehead atoms. The number of nitrogens with zero attached hydrogens (tertiary/aromatic N) is 1. The summed E-state index contributed by atoms with van der Waals surface area (Å²) in [5.41, 5.74) is 6.25. The summed E-state index contributed by atoms with van der Waals surface area (Å²) in [5, 5.41) is 14.4. The average molecular weight is 483 g/mol. The molecule has 1 fully saturated rings. The van der Waals surface area contributed by atoms with Crippen molar-refractivity contribution in [2.24, 2.45) is 5.92 Å². The van der Waals surface area contributed by atoms with Crippen molar-refractivity contribution in [3.63, 3.8) is 0 Å². The Kier molecular flexibility index (Phi) is 6.98. The van der Waals surface area contributed by atoms with Crippen LogP contribution in [-0.2, 0) is 24.8 Å². The quantitative estimate of drug-likeness (QED) is 0.429. The van der Waals surface area contributed by atoms with E-state index in [2.05, 4.69) is 59.7 Å². The van der Waals surface area contributed by atoms with Gasteiger partial charge in [0.1, 0.15) is 0 Å². The summed E-state index contributed by atoms with van der Waals surface area (Å²) in [7, 11) is 0. The van der Waals surface area contributed by atoms with E-state index >= 15 is 0 Å². The fourth-order valence-electron chi connectivity index (χ4n) is 6.89. The first-order chi connectivity index (χ1) is 17.4. The van der Waals surface area contributed by atoms with Crippen LogP contribution in [0.4, 0.5) is 0 Å². The van der Waals surface area contributed by atoms with Gasteiger partial charge < -0.3 is 10.4 Å². The van der Waals surface area contributed by atoms with Crippen molar-refractivity contribution in [1.82, 2.24) is 10.3 Å². The van der Waals surface area contributed by atoms with Crippen LogP contribution in [0.3, 0.4) is 0 Å².